The Bertz CT molecular complexity index is 1140. The summed E-state index contributed by atoms with van der Waals surface area (Å²) >= 11 is 0. The molecule has 2 aromatic heterocycles. The van der Waals surface area contributed by atoms with Crippen LogP contribution in [-0.4, -0.2) is 51.0 Å². The average molecular weight is 456 g/mol. The normalized spacial score (nSPS) is 22.6. The molecule has 2 aliphatic rings. The van der Waals surface area contributed by atoms with E-state index in [0.29, 0.717) is 29.6 Å². The maximum atomic E-state index is 13.4. The third-order valence-corrected chi connectivity index (χ3v) is 6.61. The van der Waals surface area contributed by atoms with Gasteiger partial charge in [0.2, 0.25) is 0 Å². The molecule has 4 rings (SSSR count). The second kappa shape index (κ2) is 9.41. The summed E-state index contributed by atoms with van der Waals surface area (Å²) < 4.78 is 1.50. The molecule has 3 atom stereocenters. The second-order valence-electron chi connectivity index (χ2n) is 10.9. The van der Waals surface area contributed by atoms with Gasteiger partial charge < -0.3 is 10.2 Å². The molecule has 1 aliphatic heterocycles. The van der Waals surface area contributed by atoms with Crippen LogP contribution in [-0.2, 0) is 6.54 Å². The lowest BCUT2D eigenvalue weighted by Crippen LogP contribution is -2.47. The van der Waals surface area contributed by atoms with Crippen LogP contribution in [0.15, 0.2) is 15.7 Å². The van der Waals surface area contributed by atoms with E-state index in [1.165, 1.54) is 11.0 Å². The first-order chi connectivity index (χ1) is 15.6. The number of nitrogens with one attached hydrogen (secondary N) is 2. The number of fused-ring (bicyclic) bond motifs is 1. The van der Waals surface area contributed by atoms with Crippen molar-refractivity contribution in [2.75, 3.05) is 19.6 Å². The van der Waals surface area contributed by atoms with Crippen LogP contribution in [0.1, 0.15) is 75.9 Å². The fourth-order valence-corrected chi connectivity index (χ4v) is 5.27. The van der Waals surface area contributed by atoms with E-state index in [2.05, 4.69) is 29.0 Å². The molecule has 3 heterocycles. The van der Waals surface area contributed by atoms with E-state index in [1.807, 2.05) is 20.8 Å². The summed E-state index contributed by atoms with van der Waals surface area (Å²) in [7, 11) is 0. The summed E-state index contributed by atoms with van der Waals surface area (Å²) in [5, 5.41) is 3.30. The van der Waals surface area contributed by atoms with Crippen LogP contribution in [0.5, 0.6) is 0 Å². The minimum Gasteiger partial charge on any atom is -0.348 e. The first-order valence-electron chi connectivity index (χ1n) is 12.3. The first-order valence-corrected chi connectivity index (χ1v) is 12.3. The highest BCUT2D eigenvalue weighted by Gasteiger charge is 2.29. The molecule has 2 fully saturated rings. The Kier molecular flexibility index (Phi) is 6.75. The first kappa shape index (κ1) is 23.7. The molecule has 1 aliphatic carbocycles. The fraction of sp³-hybridized carbons (Fsp3) is 0.680. The molecule has 0 bridgehead atoms. The van der Waals surface area contributed by atoms with Gasteiger partial charge in [0.05, 0.1) is 10.9 Å². The number of carbonyl (C=O) groups is 1. The number of pyridine rings is 1. The molecule has 0 radical (unpaired) electrons. The number of likely N-dealkylation sites (tertiary alicyclic amines) is 1. The standard InChI is InChI=1S/C25H37N5O3/c1-14(2)10-30-22-21(24(32)28-25(30)33)19(9-20(27-22)18-6-7-18)23(31)26-17(5)13-29-11-15(3)8-16(4)12-29/h9,14-18H,6-8,10-13H2,1-5H3,(H,26,31)(H,28,32,33). The quantitative estimate of drug-likeness (QED) is 0.669. The third-order valence-electron chi connectivity index (χ3n) is 6.61. The average Bonchev–Trinajstić information content (AvgIpc) is 3.54. The van der Waals surface area contributed by atoms with Crippen molar-refractivity contribution in [2.24, 2.45) is 17.8 Å². The van der Waals surface area contributed by atoms with Crippen LogP contribution in [0.3, 0.4) is 0 Å². The van der Waals surface area contributed by atoms with Gasteiger partial charge in [-0.15, -0.1) is 0 Å². The van der Waals surface area contributed by atoms with Crippen LogP contribution < -0.4 is 16.6 Å². The highest BCUT2D eigenvalue weighted by atomic mass is 16.2. The van der Waals surface area contributed by atoms with Gasteiger partial charge in [0.15, 0.2) is 5.65 Å². The zero-order valence-corrected chi connectivity index (χ0v) is 20.5. The predicted molar refractivity (Wildman–Crippen MR) is 130 cm³/mol. The van der Waals surface area contributed by atoms with Gasteiger partial charge in [0, 0.05) is 43.8 Å². The number of piperidine rings is 1. The number of aromatic nitrogens is 3. The van der Waals surface area contributed by atoms with E-state index >= 15 is 0 Å². The Hall–Kier alpha value is -2.48. The molecule has 0 aromatic carbocycles. The number of aromatic amines is 1. The molecule has 3 unspecified atom stereocenters. The van der Waals surface area contributed by atoms with Gasteiger partial charge >= 0.3 is 5.69 Å². The van der Waals surface area contributed by atoms with Crippen LogP contribution in [0.2, 0.25) is 0 Å². The lowest BCUT2D eigenvalue weighted by atomic mass is 9.92. The molecule has 33 heavy (non-hydrogen) atoms. The largest absolute Gasteiger partial charge is 0.348 e. The number of carbonyl (C=O) groups excluding carboxylic acids is 1. The number of nitrogens with zero attached hydrogens (tertiary/aromatic N) is 3. The zero-order valence-electron chi connectivity index (χ0n) is 20.5. The van der Waals surface area contributed by atoms with Gasteiger partial charge in [0.25, 0.3) is 11.5 Å². The number of hydrogen-bond donors (Lipinski definition) is 2. The molecular weight excluding hydrogens is 418 g/mol. The van der Waals surface area contributed by atoms with Crippen LogP contribution in [0.4, 0.5) is 0 Å². The molecule has 1 saturated heterocycles. The molecule has 180 valence electrons. The maximum Gasteiger partial charge on any atom is 0.330 e. The van der Waals surface area contributed by atoms with Crippen molar-refractivity contribution in [1.82, 2.24) is 24.8 Å². The van der Waals surface area contributed by atoms with Crippen molar-refractivity contribution >= 4 is 16.9 Å². The third kappa shape index (κ3) is 5.37. The van der Waals surface area contributed by atoms with Crippen LogP contribution in [0, 0.1) is 17.8 Å². The molecule has 2 aromatic rings. The second-order valence-corrected chi connectivity index (χ2v) is 10.9. The molecule has 1 saturated carbocycles. The monoisotopic (exact) mass is 455 g/mol. The molecule has 1 amide bonds. The Morgan fingerprint density at radius 2 is 1.82 bits per heavy atom. The van der Waals surface area contributed by atoms with E-state index in [0.717, 1.165) is 38.2 Å². The van der Waals surface area contributed by atoms with Gasteiger partial charge in [-0.2, -0.15) is 0 Å². The van der Waals surface area contributed by atoms with Gasteiger partial charge in [0.1, 0.15) is 0 Å². The van der Waals surface area contributed by atoms with Crippen molar-refractivity contribution in [2.45, 2.75) is 72.4 Å². The molecule has 8 nitrogen and oxygen atoms in total. The van der Waals surface area contributed by atoms with Crippen molar-refractivity contribution in [1.29, 1.82) is 0 Å². The van der Waals surface area contributed by atoms with Crippen molar-refractivity contribution < 1.29 is 4.79 Å². The van der Waals surface area contributed by atoms with Crippen molar-refractivity contribution in [3.8, 4) is 0 Å². The topological polar surface area (TPSA) is 100 Å². The summed E-state index contributed by atoms with van der Waals surface area (Å²) in [6.45, 7) is 13.8. The number of H-pyrrole nitrogens is 1. The lowest BCUT2D eigenvalue weighted by Gasteiger charge is -2.36. The summed E-state index contributed by atoms with van der Waals surface area (Å²) in [4.78, 5) is 48.3. The predicted octanol–water partition coefficient (Wildman–Crippen LogP) is 2.71. The molecule has 2 N–H and O–H groups in total. The lowest BCUT2D eigenvalue weighted by molar-refractivity contribution is 0.0906. The van der Waals surface area contributed by atoms with Gasteiger partial charge in [-0.25, -0.2) is 9.78 Å². The van der Waals surface area contributed by atoms with E-state index in [1.54, 1.807) is 6.07 Å². The van der Waals surface area contributed by atoms with Gasteiger partial charge in [-0.05, 0) is 50.0 Å². The minimum absolute atomic E-state index is 0.0664. The summed E-state index contributed by atoms with van der Waals surface area (Å²) in [6, 6.07) is 1.69. The molecule has 0 spiro atoms. The number of hydrogen-bond acceptors (Lipinski definition) is 5. The van der Waals surface area contributed by atoms with Crippen molar-refractivity contribution in [3.05, 3.63) is 38.2 Å². The highest BCUT2D eigenvalue weighted by Crippen LogP contribution is 2.40. The van der Waals surface area contributed by atoms with E-state index in [4.69, 9.17) is 4.98 Å². The SMILES string of the molecule is CC(C)Cn1c(=O)[nH]c(=O)c2c(C(=O)NC(C)CN3CC(C)CC(C)C3)cc(C3CC3)nc21. The van der Waals surface area contributed by atoms with E-state index in [9.17, 15) is 14.4 Å². The summed E-state index contributed by atoms with van der Waals surface area (Å²) in [5.41, 5.74) is 0.392. The highest BCUT2D eigenvalue weighted by molar-refractivity contribution is 6.05. The van der Waals surface area contributed by atoms with Crippen LogP contribution >= 0.6 is 0 Å². The van der Waals surface area contributed by atoms with Gasteiger partial charge in [-0.3, -0.25) is 19.1 Å². The minimum atomic E-state index is -0.554. The Morgan fingerprint density at radius 1 is 1.15 bits per heavy atom. The van der Waals surface area contributed by atoms with Crippen LogP contribution in [0.25, 0.3) is 11.0 Å². The molecular formula is C25H37N5O3. The Morgan fingerprint density at radius 3 is 2.42 bits per heavy atom. The Balaban J connectivity index is 1.66. The fourth-order valence-electron chi connectivity index (χ4n) is 5.27. The molecule has 8 heteroatoms. The van der Waals surface area contributed by atoms with Crippen molar-refractivity contribution in [3.63, 3.8) is 0 Å². The number of amides is 1. The number of rotatable bonds is 7. The Labute approximate surface area is 194 Å². The maximum absolute atomic E-state index is 13.4. The summed E-state index contributed by atoms with van der Waals surface area (Å²) in [5.74, 6) is 1.50. The van der Waals surface area contributed by atoms with Gasteiger partial charge in [-0.1, -0.05) is 27.7 Å². The smallest absolute Gasteiger partial charge is 0.330 e. The van der Waals surface area contributed by atoms with E-state index < -0.39 is 11.2 Å². The summed E-state index contributed by atoms with van der Waals surface area (Å²) in [6.07, 6.45) is 3.27. The van der Waals surface area contributed by atoms with E-state index in [-0.39, 0.29) is 29.2 Å². The zero-order chi connectivity index (χ0) is 23.9.